The second kappa shape index (κ2) is 9.61. The highest BCUT2D eigenvalue weighted by atomic mass is 16.7. The van der Waals surface area contributed by atoms with E-state index in [1.54, 1.807) is 14.2 Å². The third kappa shape index (κ3) is 4.84. The van der Waals surface area contributed by atoms with Crippen LogP contribution in [0.5, 0.6) is 23.0 Å². The fraction of sp³-hybridized carbons (Fsp3) is 0.520. The molecule has 4 rings (SSSR count). The van der Waals surface area contributed by atoms with Gasteiger partial charge >= 0.3 is 0 Å². The number of benzene rings is 2. The lowest BCUT2D eigenvalue weighted by atomic mass is 9.81. The van der Waals surface area contributed by atoms with E-state index in [9.17, 15) is 0 Å². The Balaban J connectivity index is 1.21. The van der Waals surface area contributed by atoms with Crippen LogP contribution in [0.25, 0.3) is 0 Å². The largest absolute Gasteiger partial charge is 0.493 e. The van der Waals surface area contributed by atoms with Gasteiger partial charge in [-0.3, -0.25) is 0 Å². The summed E-state index contributed by atoms with van der Waals surface area (Å²) in [7, 11) is 5.64. The molecule has 5 nitrogen and oxygen atoms in total. The van der Waals surface area contributed by atoms with Crippen molar-refractivity contribution in [3.63, 3.8) is 0 Å². The number of likely N-dealkylation sites (N-methyl/N-ethyl adjacent to an activating group) is 1. The molecule has 30 heavy (non-hydrogen) atoms. The van der Waals surface area contributed by atoms with Gasteiger partial charge < -0.3 is 23.8 Å². The van der Waals surface area contributed by atoms with Crippen LogP contribution in [0.4, 0.5) is 0 Å². The van der Waals surface area contributed by atoms with Gasteiger partial charge in [-0.1, -0.05) is 6.07 Å². The average molecular weight is 412 g/mol. The number of rotatable bonds is 9. The molecule has 0 amide bonds. The molecule has 0 saturated heterocycles. The van der Waals surface area contributed by atoms with Gasteiger partial charge in [0.2, 0.25) is 6.79 Å². The summed E-state index contributed by atoms with van der Waals surface area (Å²) < 4.78 is 21.8. The zero-order chi connectivity index (χ0) is 20.9. The number of aryl methyl sites for hydroxylation is 1. The maximum atomic E-state index is 5.49. The molecule has 1 unspecified atom stereocenters. The summed E-state index contributed by atoms with van der Waals surface area (Å²) >= 11 is 0. The molecule has 1 aliphatic heterocycles. The molecule has 1 atom stereocenters. The SMILES string of the molecule is COc1cc2c(cc1OC)CC(CCCN(C)CCc1ccc3c(c1)OCO3)CC2. The minimum atomic E-state index is 0.338. The van der Waals surface area contributed by atoms with E-state index in [4.69, 9.17) is 18.9 Å². The van der Waals surface area contributed by atoms with Crippen LogP contribution in [0, 0.1) is 5.92 Å². The molecule has 0 radical (unpaired) electrons. The summed E-state index contributed by atoms with van der Waals surface area (Å²) in [6.07, 6.45) is 7.11. The monoisotopic (exact) mass is 411 g/mol. The summed E-state index contributed by atoms with van der Waals surface area (Å²) in [5, 5.41) is 0. The van der Waals surface area contributed by atoms with E-state index in [1.807, 2.05) is 6.07 Å². The van der Waals surface area contributed by atoms with Crippen LogP contribution in [0.3, 0.4) is 0 Å². The van der Waals surface area contributed by atoms with Crippen LogP contribution in [0.15, 0.2) is 30.3 Å². The molecule has 5 heteroatoms. The molecule has 0 spiro atoms. The minimum absolute atomic E-state index is 0.338. The van der Waals surface area contributed by atoms with E-state index in [0.29, 0.717) is 6.79 Å². The maximum absolute atomic E-state index is 5.49. The number of fused-ring (bicyclic) bond motifs is 2. The molecular formula is C25H33NO4. The molecule has 0 bridgehead atoms. The molecule has 0 N–H and O–H groups in total. The van der Waals surface area contributed by atoms with Crippen molar-refractivity contribution in [2.75, 3.05) is 41.1 Å². The zero-order valence-corrected chi connectivity index (χ0v) is 18.4. The molecule has 162 valence electrons. The van der Waals surface area contributed by atoms with E-state index in [-0.39, 0.29) is 0 Å². The molecule has 1 heterocycles. The fourth-order valence-corrected chi connectivity index (χ4v) is 4.58. The van der Waals surface area contributed by atoms with E-state index in [1.165, 1.54) is 36.0 Å². The maximum Gasteiger partial charge on any atom is 0.231 e. The van der Waals surface area contributed by atoms with Gasteiger partial charge in [0.1, 0.15) is 0 Å². The second-order valence-corrected chi connectivity index (χ2v) is 8.47. The van der Waals surface area contributed by atoms with Crippen molar-refractivity contribution in [2.45, 2.75) is 38.5 Å². The first kappa shape index (κ1) is 20.9. The van der Waals surface area contributed by atoms with Crippen LogP contribution in [-0.4, -0.2) is 46.0 Å². The number of ether oxygens (including phenoxy) is 4. The van der Waals surface area contributed by atoms with Gasteiger partial charge in [0.15, 0.2) is 23.0 Å². The summed E-state index contributed by atoms with van der Waals surface area (Å²) in [5.41, 5.74) is 4.16. The molecule has 2 aliphatic rings. The molecule has 0 fully saturated rings. The minimum Gasteiger partial charge on any atom is -0.493 e. The second-order valence-electron chi connectivity index (χ2n) is 8.47. The standard InChI is InChI=1S/C25H33NO4/c1-26(12-10-19-7-9-22-25(14-19)30-17-29-22)11-4-5-18-6-8-20-15-23(27-2)24(28-3)16-21(20)13-18/h7,9,14-16,18H,4-6,8,10-13,17H2,1-3H3. The van der Waals surface area contributed by atoms with Crippen molar-refractivity contribution in [3.05, 3.63) is 47.0 Å². The van der Waals surface area contributed by atoms with Crippen molar-refractivity contribution in [1.29, 1.82) is 0 Å². The smallest absolute Gasteiger partial charge is 0.231 e. The molecule has 0 saturated carbocycles. The first-order valence-corrected chi connectivity index (χ1v) is 11.0. The van der Waals surface area contributed by atoms with E-state index >= 15 is 0 Å². The van der Waals surface area contributed by atoms with Gasteiger partial charge in [-0.15, -0.1) is 0 Å². The Hall–Kier alpha value is -2.40. The Labute approximate surface area is 179 Å². The van der Waals surface area contributed by atoms with Crippen molar-refractivity contribution < 1.29 is 18.9 Å². The number of hydrogen-bond donors (Lipinski definition) is 0. The van der Waals surface area contributed by atoms with Gasteiger partial charge in [0.25, 0.3) is 0 Å². The van der Waals surface area contributed by atoms with Crippen LogP contribution in [0.2, 0.25) is 0 Å². The number of methoxy groups -OCH3 is 2. The van der Waals surface area contributed by atoms with Gasteiger partial charge in [-0.25, -0.2) is 0 Å². The molecular weight excluding hydrogens is 378 g/mol. The van der Waals surface area contributed by atoms with Crippen LogP contribution < -0.4 is 18.9 Å². The van der Waals surface area contributed by atoms with E-state index < -0.39 is 0 Å². The predicted molar refractivity (Wildman–Crippen MR) is 118 cm³/mol. The molecule has 2 aromatic rings. The van der Waals surface area contributed by atoms with Crippen molar-refractivity contribution in [1.82, 2.24) is 4.90 Å². The summed E-state index contributed by atoms with van der Waals surface area (Å²) in [5.74, 6) is 4.19. The van der Waals surface area contributed by atoms with Crippen LogP contribution in [0.1, 0.15) is 36.0 Å². The third-order valence-electron chi connectivity index (χ3n) is 6.41. The Morgan fingerprint density at radius 3 is 2.53 bits per heavy atom. The van der Waals surface area contributed by atoms with E-state index in [0.717, 1.165) is 61.3 Å². The first-order chi connectivity index (χ1) is 14.7. The lowest BCUT2D eigenvalue weighted by Gasteiger charge is -2.26. The lowest BCUT2D eigenvalue weighted by Crippen LogP contribution is -2.23. The van der Waals surface area contributed by atoms with Gasteiger partial charge in [0.05, 0.1) is 14.2 Å². The Kier molecular flexibility index (Phi) is 6.68. The number of hydrogen-bond acceptors (Lipinski definition) is 5. The Morgan fingerprint density at radius 1 is 0.967 bits per heavy atom. The molecule has 1 aliphatic carbocycles. The zero-order valence-electron chi connectivity index (χ0n) is 18.4. The third-order valence-corrected chi connectivity index (χ3v) is 6.41. The van der Waals surface area contributed by atoms with Crippen molar-refractivity contribution in [2.24, 2.45) is 5.92 Å². The van der Waals surface area contributed by atoms with Crippen LogP contribution >= 0.6 is 0 Å². The highest BCUT2D eigenvalue weighted by molar-refractivity contribution is 5.48. The van der Waals surface area contributed by atoms with Crippen LogP contribution in [-0.2, 0) is 19.3 Å². The van der Waals surface area contributed by atoms with Gasteiger partial charge in [-0.05, 0) is 99.0 Å². The van der Waals surface area contributed by atoms with Gasteiger partial charge in [-0.2, -0.15) is 0 Å². The summed E-state index contributed by atoms with van der Waals surface area (Å²) in [6.45, 7) is 2.54. The summed E-state index contributed by atoms with van der Waals surface area (Å²) in [6, 6.07) is 10.6. The predicted octanol–water partition coefficient (Wildman–Crippen LogP) is 4.49. The Bertz CT molecular complexity index is 866. The number of nitrogens with zero attached hydrogens (tertiary/aromatic N) is 1. The van der Waals surface area contributed by atoms with Gasteiger partial charge in [0, 0.05) is 6.54 Å². The average Bonchev–Trinajstić information content (AvgIpc) is 3.24. The highest BCUT2D eigenvalue weighted by Gasteiger charge is 2.21. The van der Waals surface area contributed by atoms with Crippen molar-refractivity contribution in [3.8, 4) is 23.0 Å². The molecule has 2 aromatic carbocycles. The highest BCUT2D eigenvalue weighted by Crippen LogP contribution is 2.36. The fourth-order valence-electron chi connectivity index (χ4n) is 4.58. The first-order valence-electron chi connectivity index (χ1n) is 11.0. The summed E-state index contributed by atoms with van der Waals surface area (Å²) in [4.78, 5) is 2.44. The normalized spacial score (nSPS) is 17.1. The topological polar surface area (TPSA) is 40.2 Å². The molecule has 0 aromatic heterocycles. The quantitative estimate of drug-likeness (QED) is 0.608. The van der Waals surface area contributed by atoms with Crippen molar-refractivity contribution >= 4 is 0 Å². The lowest BCUT2D eigenvalue weighted by molar-refractivity contribution is 0.174. The van der Waals surface area contributed by atoms with E-state index in [2.05, 4.69) is 36.2 Å². The Morgan fingerprint density at radius 2 is 1.73 bits per heavy atom.